The Balaban J connectivity index is 1.99. The monoisotopic (exact) mass is 479 g/mol. The number of benzene rings is 2. The molecular weight excluding hydrogens is 455 g/mol. The molecule has 1 aliphatic carbocycles. The fourth-order valence-electron chi connectivity index (χ4n) is 5.43. The van der Waals surface area contributed by atoms with E-state index in [0.717, 1.165) is 12.7 Å². The lowest BCUT2D eigenvalue weighted by Crippen LogP contribution is -2.72. The largest absolute Gasteiger partial charge is 0.469 e. The molecule has 33 heavy (non-hydrogen) atoms. The highest BCUT2D eigenvalue weighted by Gasteiger charge is 2.82. The van der Waals surface area contributed by atoms with Crippen LogP contribution in [0.2, 0.25) is 0 Å². The number of rotatable bonds is 5. The maximum absolute atomic E-state index is 14.7. The molecule has 2 aliphatic rings. The minimum atomic E-state index is -4.94. The van der Waals surface area contributed by atoms with Crippen LogP contribution in [-0.2, 0) is 19.4 Å². The molecule has 0 N–H and O–H groups in total. The Kier molecular flexibility index (Phi) is 5.67. The van der Waals surface area contributed by atoms with Crippen LogP contribution < -0.4 is 0 Å². The molecule has 0 spiro atoms. The van der Waals surface area contributed by atoms with Gasteiger partial charge in [-0.1, -0.05) is 61.4 Å². The van der Waals surface area contributed by atoms with Crippen molar-refractivity contribution in [1.82, 2.24) is 0 Å². The first-order valence-electron chi connectivity index (χ1n) is 10.6. The van der Waals surface area contributed by atoms with E-state index in [1.807, 2.05) is 0 Å². The fraction of sp³-hybridized carbons (Fsp3) is 0.417. The molecule has 0 radical (unpaired) electrons. The SMILES string of the molecule is CC[C@H]1[C@@H]2[C@@H](S(=O)(=O)c3ccc(C)cc3)C(c3ccccc3)=N[C@]2(C(F)(F)F)[C@@H]1C(=O)OC. The molecule has 0 saturated heterocycles. The average Bonchev–Trinajstić information content (AvgIpc) is 3.07. The highest BCUT2D eigenvalue weighted by molar-refractivity contribution is 7.93. The zero-order chi connectivity index (χ0) is 24.2. The molecule has 1 saturated carbocycles. The van der Waals surface area contributed by atoms with Gasteiger partial charge in [-0.3, -0.25) is 9.79 Å². The van der Waals surface area contributed by atoms with Crippen LogP contribution >= 0.6 is 0 Å². The van der Waals surface area contributed by atoms with Crippen molar-refractivity contribution in [3.63, 3.8) is 0 Å². The predicted octanol–water partition coefficient (Wildman–Crippen LogP) is 4.39. The normalized spacial score (nSPS) is 29.1. The van der Waals surface area contributed by atoms with Crippen molar-refractivity contribution < 1.29 is 31.1 Å². The quantitative estimate of drug-likeness (QED) is 0.597. The molecule has 0 amide bonds. The molecule has 2 aromatic carbocycles. The van der Waals surface area contributed by atoms with Gasteiger partial charge in [0.15, 0.2) is 15.4 Å². The first-order chi connectivity index (χ1) is 15.5. The number of sulfone groups is 1. The number of nitrogens with zero attached hydrogens (tertiary/aromatic N) is 1. The second-order valence-electron chi connectivity index (χ2n) is 8.56. The van der Waals surface area contributed by atoms with E-state index in [1.165, 1.54) is 12.1 Å². The Bertz CT molecular complexity index is 1190. The van der Waals surface area contributed by atoms with Gasteiger partial charge in [-0.05, 0) is 30.5 Å². The number of hydrogen-bond donors (Lipinski definition) is 0. The summed E-state index contributed by atoms with van der Waals surface area (Å²) in [5.74, 6) is -4.92. The zero-order valence-corrected chi connectivity index (χ0v) is 19.2. The number of aryl methyl sites for hydroxylation is 1. The van der Waals surface area contributed by atoms with Crippen LogP contribution in [0, 0.1) is 24.7 Å². The molecule has 2 aromatic rings. The molecular formula is C24H24F3NO4S. The van der Waals surface area contributed by atoms with Gasteiger partial charge in [0.25, 0.3) is 0 Å². The number of fused-ring (bicyclic) bond motifs is 1. The van der Waals surface area contributed by atoms with Crippen LogP contribution in [0.5, 0.6) is 0 Å². The Morgan fingerprint density at radius 1 is 1.09 bits per heavy atom. The number of halogens is 3. The van der Waals surface area contributed by atoms with Gasteiger partial charge in [-0.15, -0.1) is 0 Å². The van der Waals surface area contributed by atoms with Crippen molar-refractivity contribution in [1.29, 1.82) is 0 Å². The molecule has 5 atom stereocenters. The van der Waals surface area contributed by atoms with Crippen LogP contribution in [0.3, 0.4) is 0 Å². The predicted molar refractivity (Wildman–Crippen MR) is 117 cm³/mol. The number of aliphatic imine (C=N–C) groups is 1. The standard InChI is InChI=1S/C24H24F3NO4S/c1-4-17-18-21(33(30,31)16-12-10-14(2)11-13-16)20(15-8-6-5-7-9-15)28-23(18,24(25,26)27)19(17)22(29)32-3/h5-13,17-19,21H,4H2,1-3H3/t17-,18+,19-,21+,23-/m0/s1. The number of alkyl halides is 3. The van der Waals surface area contributed by atoms with Crippen molar-refractivity contribution in [2.75, 3.05) is 7.11 Å². The van der Waals surface area contributed by atoms with Crippen LogP contribution in [0.1, 0.15) is 24.5 Å². The van der Waals surface area contributed by atoms with Crippen LogP contribution in [0.25, 0.3) is 0 Å². The Morgan fingerprint density at radius 3 is 2.21 bits per heavy atom. The van der Waals surface area contributed by atoms with E-state index < -0.39 is 50.5 Å². The summed E-state index contributed by atoms with van der Waals surface area (Å²) in [6, 6.07) is 14.0. The van der Waals surface area contributed by atoms with Gasteiger partial charge in [0, 0.05) is 5.92 Å². The Hall–Kier alpha value is -2.68. The number of carbonyl (C=O) groups excluding carboxylic acids is 1. The lowest BCUT2D eigenvalue weighted by molar-refractivity contribution is -0.264. The summed E-state index contributed by atoms with van der Waals surface area (Å²) in [7, 11) is -3.23. The van der Waals surface area contributed by atoms with Crippen molar-refractivity contribution in [3.8, 4) is 0 Å². The van der Waals surface area contributed by atoms with Crippen molar-refractivity contribution in [2.45, 2.75) is 42.1 Å². The molecule has 1 heterocycles. The van der Waals surface area contributed by atoms with E-state index >= 15 is 0 Å². The van der Waals surface area contributed by atoms with Gasteiger partial charge in [0.2, 0.25) is 0 Å². The number of carbonyl (C=O) groups is 1. The molecule has 176 valence electrons. The molecule has 1 fully saturated rings. The zero-order valence-electron chi connectivity index (χ0n) is 18.3. The molecule has 0 aromatic heterocycles. The Morgan fingerprint density at radius 2 is 1.70 bits per heavy atom. The summed E-state index contributed by atoms with van der Waals surface area (Å²) >= 11 is 0. The summed E-state index contributed by atoms with van der Waals surface area (Å²) in [6.07, 6.45) is -4.76. The van der Waals surface area contributed by atoms with Crippen molar-refractivity contribution in [2.24, 2.45) is 22.7 Å². The third-order valence-electron chi connectivity index (χ3n) is 6.91. The minimum Gasteiger partial charge on any atom is -0.469 e. The first-order valence-corrected chi connectivity index (χ1v) is 12.2. The summed E-state index contributed by atoms with van der Waals surface area (Å²) in [5.41, 5.74) is -1.91. The number of hydrogen-bond acceptors (Lipinski definition) is 5. The van der Waals surface area contributed by atoms with Gasteiger partial charge >= 0.3 is 12.1 Å². The third kappa shape index (κ3) is 3.31. The second-order valence-corrected chi connectivity index (χ2v) is 10.6. The van der Waals surface area contributed by atoms with Gasteiger partial charge in [0.1, 0.15) is 5.25 Å². The summed E-state index contributed by atoms with van der Waals surface area (Å²) in [6.45, 7) is 3.44. The fourth-order valence-corrected chi connectivity index (χ4v) is 7.52. The second kappa shape index (κ2) is 7.97. The van der Waals surface area contributed by atoms with Gasteiger partial charge in [0.05, 0.1) is 23.6 Å². The topological polar surface area (TPSA) is 72.8 Å². The van der Waals surface area contributed by atoms with E-state index in [9.17, 15) is 26.4 Å². The van der Waals surface area contributed by atoms with Crippen molar-refractivity contribution in [3.05, 3.63) is 65.7 Å². The van der Waals surface area contributed by atoms with Gasteiger partial charge in [-0.25, -0.2) is 8.42 Å². The lowest BCUT2D eigenvalue weighted by Gasteiger charge is -2.56. The molecule has 0 unspecified atom stereocenters. The maximum atomic E-state index is 14.7. The van der Waals surface area contributed by atoms with Crippen LogP contribution in [0.15, 0.2) is 64.5 Å². The van der Waals surface area contributed by atoms with Crippen LogP contribution in [0.4, 0.5) is 13.2 Å². The molecule has 0 bridgehead atoms. The van der Waals surface area contributed by atoms with E-state index in [-0.39, 0.29) is 22.6 Å². The Labute approximate surface area is 190 Å². The highest BCUT2D eigenvalue weighted by atomic mass is 32.2. The van der Waals surface area contributed by atoms with E-state index in [2.05, 4.69) is 4.99 Å². The molecule has 1 aliphatic heterocycles. The van der Waals surface area contributed by atoms with Gasteiger partial charge < -0.3 is 4.74 Å². The number of methoxy groups -OCH3 is 1. The van der Waals surface area contributed by atoms with Crippen molar-refractivity contribution >= 4 is 21.5 Å². The molecule has 4 rings (SSSR count). The lowest BCUT2D eigenvalue weighted by atomic mass is 9.50. The minimum absolute atomic E-state index is 0.0731. The van der Waals surface area contributed by atoms with E-state index in [0.29, 0.717) is 0 Å². The number of esters is 1. The van der Waals surface area contributed by atoms with E-state index in [1.54, 1.807) is 56.3 Å². The highest BCUT2D eigenvalue weighted by Crippen LogP contribution is 2.66. The van der Waals surface area contributed by atoms with Gasteiger partial charge in [-0.2, -0.15) is 13.2 Å². The molecule has 9 heteroatoms. The maximum Gasteiger partial charge on any atom is 0.414 e. The summed E-state index contributed by atoms with van der Waals surface area (Å²) in [4.78, 5) is 16.5. The molecule has 5 nitrogen and oxygen atoms in total. The third-order valence-corrected chi connectivity index (χ3v) is 9.02. The van der Waals surface area contributed by atoms with Crippen LogP contribution in [-0.4, -0.2) is 44.2 Å². The smallest absolute Gasteiger partial charge is 0.414 e. The number of ether oxygens (including phenoxy) is 1. The average molecular weight is 480 g/mol. The summed E-state index contributed by atoms with van der Waals surface area (Å²) in [5, 5.41) is -1.55. The van der Waals surface area contributed by atoms with E-state index in [4.69, 9.17) is 4.74 Å². The summed E-state index contributed by atoms with van der Waals surface area (Å²) < 4.78 is 76.5. The first kappa shape index (κ1) is 23.5.